The number of hydrogen-bond acceptors (Lipinski definition) is 3. The molecule has 0 saturated heterocycles. The quantitative estimate of drug-likeness (QED) is 0.863. The van der Waals surface area contributed by atoms with E-state index in [4.69, 9.17) is 16.7 Å². The molecule has 1 aromatic carbocycles. The Labute approximate surface area is 111 Å². The molecule has 0 aliphatic carbocycles. The average Bonchev–Trinajstić information content (AvgIpc) is 2.29. The van der Waals surface area contributed by atoms with Gasteiger partial charge in [0.05, 0.1) is 12.2 Å². The van der Waals surface area contributed by atoms with Gasteiger partial charge in [0.15, 0.2) is 0 Å². The fourth-order valence-corrected chi connectivity index (χ4v) is 2.61. The first-order chi connectivity index (χ1) is 8.33. The second kappa shape index (κ2) is 6.17. The molecule has 1 rings (SSSR count). The van der Waals surface area contributed by atoms with Gasteiger partial charge >= 0.3 is 5.97 Å². The van der Waals surface area contributed by atoms with Crippen LogP contribution in [0, 0.1) is 0 Å². The first-order valence-electron chi connectivity index (χ1n) is 5.22. The van der Waals surface area contributed by atoms with E-state index in [1.807, 2.05) is 0 Å². The number of carbonyl (C=O) groups is 1. The summed E-state index contributed by atoms with van der Waals surface area (Å²) in [6, 6.07) is 6.92. The summed E-state index contributed by atoms with van der Waals surface area (Å²) in [6.45, 7) is 0.127. The third kappa shape index (κ3) is 4.29. The van der Waals surface area contributed by atoms with Crippen LogP contribution in [0.2, 0.25) is 5.02 Å². The molecule has 0 radical (unpaired) electrons. The van der Waals surface area contributed by atoms with Crippen molar-refractivity contribution in [3.05, 3.63) is 34.9 Å². The monoisotopic (exact) mass is 291 g/mol. The molecule has 100 valence electrons. The van der Waals surface area contributed by atoms with Gasteiger partial charge in [-0.2, -0.15) is 0 Å². The lowest BCUT2D eigenvalue weighted by molar-refractivity contribution is -0.136. The Hall–Kier alpha value is -1.11. The molecular weight excluding hydrogens is 278 g/mol. The summed E-state index contributed by atoms with van der Waals surface area (Å²) in [5, 5.41) is 8.97. The Morgan fingerprint density at radius 1 is 1.39 bits per heavy atom. The Kier molecular flexibility index (Phi) is 5.13. The van der Waals surface area contributed by atoms with Crippen LogP contribution in [0.15, 0.2) is 24.3 Å². The molecule has 0 spiro atoms. The zero-order chi connectivity index (χ0) is 13.8. The van der Waals surface area contributed by atoms with Crippen LogP contribution in [-0.2, 0) is 21.4 Å². The second-order valence-electron chi connectivity index (χ2n) is 3.81. The lowest BCUT2D eigenvalue weighted by atomic mass is 10.2. The van der Waals surface area contributed by atoms with Gasteiger partial charge in [0, 0.05) is 18.6 Å². The lowest BCUT2D eigenvalue weighted by Crippen LogP contribution is -2.29. The van der Waals surface area contributed by atoms with Crippen LogP contribution in [0.25, 0.3) is 0 Å². The number of carboxylic acid groups (broad SMARTS) is 1. The maximum Gasteiger partial charge on any atom is 0.304 e. The average molecular weight is 292 g/mol. The van der Waals surface area contributed by atoms with Gasteiger partial charge in [0.2, 0.25) is 10.0 Å². The summed E-state index contributed by atoms with van der Waals surface area (Å²) in [4.78, 5) is 10.4. The largest absolute Gasteiger partial charge is 0.481 e. The maximum atomic E-state index is 11.8. The first-order valence-corrected chi connectivity index (χ1v) is 7.21. The van der Waals surface area contributed by atoms with Crippen LogP contribution in [-0.4, -0.2) is 36.6 Å². The Balaban J connectivity index is 2.73. The molecule has 0 bridgehead atoms. The highest BCUT2D eigenvalue weighted by molar-refractivity contribution is 7.89. The SMILES string of the molecule is CN(Cc1ccccc1Cl)S(=O)(=O)CCC(=O)O. The van der Waals surface area contributed by atoms with Crippen molar-refractivity contribution in [3.8, 4) is 0 Å². The molecule has 5 nitrogen and oxygen atoms in total. The number of aliphatic carboxylic acids is 1. The van der Waals surface area contributed by atoms with Gasteiger partial charge < -0.3 is 5.11 Å². The Morgan fingerprint density at radius 3 is 2.56 bits per heavy atom. The van der Waals surface area contributed by atoms with Crippen LogP contribution >= 0.6 is 11.6 Å². The summed E-state index contributed by atoms with van der Waals surface area (Å²) in [5.74, 6) is -1.55. The number of carboxylic acids is 1. The molecule has 0 amide bonds. The molecule has 1 aromatic rings. The minimum absolute atomic E-state index is 0.127. The molecule has 7 heteroatoms. The van der Waals surface area contributed by atoms with Crippen molar-refractivity contribution in [2.75, 3.05) is 12.8 Å². The summed E-state index contributed by atoms with van der Waals surface area (Å²) < 4.78 is 24.6. The Bertz CT molecular complexity index is 530. The number of benzene rings is 1. The van der Waals surface area contributed by atoms with E-state index in [9.17, 15) is 13.2 Å². The molecule has 0 heterocycles. The predicted molar refractivity (Wildman–Crippen MR) is 69.0 cm³/mol. The van der Waals surface area contributed by atoms with E-state index >= 15 is 0 Å². The fraction of sp³-hybridized carbons (Fsp3) is 0.364. The van der Waals surface area contributed by atoms with Crippen molar-refractivity contribution in [1.82, 2.24) is 4.31 Å². The van der Waals surface area contributed by atoms with Crippen molar-refractivity contribution in [1.29, 1.82) is 0 Å². The number of nitrogens with zero attached hydrogens (tertiary/aromatic N) is 1. The van der Waals surface area contributed by atoms with Crippen LogP contribution in [0.5, 0.6) is 0 Å². The van der Waals surface area contributed by atoms with Crippen molar-refractivity contribution < 1.29 is 18.3 Å². The van der Waals surface area contributed by atoms with E-state index in [-0.39, 0.29) is 6.54 Å². The van der Waals surface area contributed by atoms with E-state index in [2.05, 4.69) is 0 Å². The molecule has 18 heavy (non-hydrogen) atoms. The molecule has 0 aromatic heterocycles. The highest BCUT2D eigenvalue weighted by Crippen LogP contribution is 2.17. The third-order valence-electron chi connectivity index (χ3n) is 2.40. The highest BCUT2D eigenvalue weighted by atomic mass is 35.5. The zero-order valence-corrected chi connectivity index (χ0v) is 11.4. The van der Waals surface area contributed by atoms with Gasteiger partial charge in [0.25, 0.3) is 0 Å². The minimum Gasteiger partial charge on any atom is -0.481 e. The number of halogens is 1. The normalized spacial score (nSPS) is 11.7. The van der Waals surface area contributed by atoms with Crippen LogP contribution < -0.4 is 0 Å². The van der Waals surface area contributed by atoms with Crippen LogP contribution in [0.3, 0.4) is 0 Å². The van der Waals surface area contributed by atoms with Crippen molar-refractivity contribution >= 4 is 27.6 Å². The van der Waals surface area contributed by atoms with Gasteiger partial charge in [-0.1, -0.05) is 29.8 Å². The molecule has 0 saturated carbocycles. The first kappa shape index (κ1) is 14.9. The number of rotatable bonds is 6. The maximum absolute atomic E-state index is 11.8. The van der Waals surface area contributed by atoms with Crippen molar-refractivity contribution in [2.24, 2.45) is 0 Å². The fourth-order valence-electron chi connectivity index (χ4n) is 1.34. The Morgan fingerprint density at radius 2 is 2.00 bits per heavy atom. The zero-order valence-electron chi connectivity index (χ0n) is 9.84. The molecule has 0 aliphatic rings. The highest BCUT2D eigenvalue weighted by Gasteiger charge is 2.19. The van der Waals surface area contributed by atoms with Crippen molar-refractivity contribution in [2.45, 2.75) is 13.0 Å². The minimum atomic E-state index is -3.58. The van der Waals surface area contributed by atoms with Crippen LogP contribution in [0.4, 0.5) is 0 Å². The van der Waals surface area contributed by atoms with E-state index in [0.717, 1.165) is 4.31 Å². The molecule has 0 aliphatic heterocycles. The van der Waals surface area contributed by atoms with E-state index in [0.29, 0.717) is 10.6 Å². The summed E-state index contributed by atoms with van der Waals surface area (Å²) in [7, 11) is -2.17. The van der Waals surface area contributed by atoms with Crippen LogP contribution in [0.1, 0.15) is 12.0 Å². The van der Waals surface area contributed by atoms with E-state index in [1.165, 1.54) is 7.05 Å². The van der Waals surface area contributed by atoms with Gasteiger partial charge in [-0.15, -0.1) is 0 Å². The number of hydrogen-bond donors (Lipinski definition) is 1. The summed E-state index contributed by atoms with van der Waals surface area (Å²) in [6.07, 6.45) is -0.408. The third-order valence-corrected chi connectivity index (χ3v) is 4.57. The van der Waals surface area contributed by atoms with Gasteiger partial charge in [-0.25, -0.2) is 12.7 Å². The molecule has 0 atom stereocenters. The molecular formula is C11H14ClNO4S. The van der Waals surface area contributed by atoms with Gasteiger partial charge in [0.1, 0.15) is 0 Å². The smallest absolute Gasteiger partial charge is 0.304 e. The predicted octanol–water partition coefficient (Wildman–Crippen LogP) is 1.58. The number of sulfonamides is 1. The molecule has 0 fully saturated rings. The molecule has 0 unspecified atom stereocenters. The van der Waals surface area contributed by atoms with Gasteiger partial charge in [-0.05, 0) is 11.6 Å². The van der Waals surface area contributed by atoms with E-state index < -0.39 is 28.2 Å². The second-order valence-corrected chi connectivity index (χ2v) is 6.41. The molecule has 1 N–H and O–H groups in total. The summed E-state index contributed by atoms with van der Waals surface area (Å²) >= 11 is 5.93. The van der Waals surface area contributed by atoms with Crippen molar-refractivity contribution in [3.63, 3.8) is 0 Å². The van der Waals surface area contributed by atoms with Gasteiger partial charge in [-0.3, -0.25) is 4.79 Å². The topological polar surface area (TPSA) is 74.7 Å². The lowest BCUT2D eigenvalue weighted by Gasteiger charge is -2.17. The van der Waals surface area contributed by atoms with E-state index in [1.54, 1.807) is 24.3 Å². The standard InChI is InChI=1S/C11H14ClNO4S/c1-13(18(16,17)7-6-11(14)15)8-9-4-2-3-5-10(9)12/h2-5H,6-8H2,1H3,(H,14,15). The summed E-state index contributed by atoms with van der Waals surface area (Å²) in [5.41, 5.74) is 0.681.